The van der Waals surface area contributed by atoms with Crippen LogP contribution in [0.2, 0.25) is 0 Å². The SMILES string of the molecule is CCCCCC/C=C\CCCCCCCC(=O)OC(COC(=O)CCCCCCCCCC)COC(=O)CCCCCCCCCCCCCCCCCCCCCCCCCCCCCC. The number of unbranched alkanes of at least 4 members (excludes halogenated alkanes) is 43. The van der Waals surface area contributed by atoms with E-state index in [1.807, 2.05) is 0 Å². The number of hydrogen-bond donors (Lipinski definition) is 0. The predicted octanol–water partition coefficient (Wildman–Crippen LogP) is 20.1. The molecule has 6 heteroatoms. The van der Waals surface area contributed by atoms with Gasteiger partial charge in [0.1, 0.15) is 13.2 Å². The molecule has 0 aromatic heterocycles. The Labute approximate surface area is 418 Å². The molecule has 0 saturated heterocycles. The highest BCUT2D eigenvalue weighted by atomic mass is 16.6. The van der Waals surface area contributed by atoms with Crippen LogP contribution < -0.4 is 0 Å². The monoisotopic (exact) mass is 945 g/mol. The summed E-state index contributed by atoms with van der Waals surface area (Å²) in [6.45, 7) is 6.64. The number of carbonyl (C=O) groups is 3. The van der Waals surface area contributed by atoms with Crippen LogP contribution in [0, 0.1) is 0 Å². The van der Waals surface area contributed by atoms with E-state index >= 15 is 0 Å². The van der Waals surface area contributed by atoms with Crippen molar-refractivity contribution in [1.82, 2.24) is 0 Å². The van der Waals surface area contributed by atoms with E-state index in [4.69, 9.17) is 14.2 Å². The summed E-state index contributed by atoms with van der Waals surface area (Å²) in [4.78, 5) is 37.9. The van der Waals surface area contributed by atoms with E-state index < -0.39 is 6.10 Å². The van der Waals surface area contributed by atoms with Gasteiger partial charge >= 0.3 is 17.9 Å². The fourth-order valence-corrected chi connectivity index (χ4v) is 9.21. The van der Waals surface area contributed by atoms with Gasteiger partial charge in [-0.15, -0.1) is 0 Å². The lowest BCUT2D eigenvalue weighted by molar-refractivity contribution is -0.167. The number of allylic oxidation sites excluding steroid dienone is 2. The van der Waals surface area contributed by atoms with Gasteiger partial charge in [0.05, 0.1) is 0 Å². The zero-order chi connectivity index (χ0) is 48.6. The van der Waals surface area contributed by atoms with Crippen LogP contribution in [0.4, 0.5) is 0 Å². The molecule has 0 aromatic carbocycles. The lowest BCUT2D eigenvalue weighted by Crippen LogP contribution is -2.30. The van der Waals surface area contributed by atoms with Gasteiger partial charge in [0.2, 0.25) is 0 Å². The molecule has 0 aromatic rings. The maximum absolute atomic E-state index is 12.8. The summed E-state index contributed by atoms with van der Waals surface area (Å²) in [5.41, 5.74) is 0. The third kappa shape index (κ3) is 55.0. The number of hydrogen-bond acceptors (Lipinski definition) is 6. The molecule has 0 amide bonds. The quantitative estimate of drug-likeness (QED) is 0.0262. The van der Waals surface area contributed by atoms with Crippen molar-refractivity contribution in [1.29, 1.82) is 0 Å². The molecule has 0 aliphatic rings. The zero-order valence-electron chi connectivity index (χ0n) is 45.5. The summed E-state index contributed by atoms with van der Waals surface area (Å²) in [6.07, 6.45) is 65.3. The number of ether oxygens (including phenoxy) is 3. The maximum Gasteiger partial charge on any atom is 0.306 e. The molecule has 1 unspecified atom stereocenters. The molecule has 0 rings (SSSR count). The van der Waals surface area contributed by atoms with Gasteiger partial charge in [-0.25, -0.2) is 0 Å². The average Bonchev–Trinajstić information content (AvgIpc) is 3.33. The number of esters is 3. The van der Waals surface area contributed by atoms with Crippen molar-refractivity contribution >= 4 is 17.9 Å². The van der Waals surface area contributed by atoms with Gasteiger partial charge in [0.25, 0.3) is 0 Å². The molecule has 0 aliphatic heterocycles. The Kier molecular flexibility index (Phi) is 55.2. The van der Waals surface area contributed by atoms with Crippen LogP contribution in [0.25, 0.3) is 0 Å². The van der Waals surface area contributed by atoms with E-state index in [0.717, 1.165) is 64.2 Å². The van der Waals surface area contributed by atoms with Crippen LogP contribution >= 0.6 is 0 Å². The topological polar surface area (TPSA) is 78.9 Å². The summed E-state index contributed by atoms with van der Waals surface area (Å²) in [5.74, 6) is -0.861. The van der Waals surface area contributed by atoms with Crippen molar-refractivity contribution in [2.75, 3.05) is 13.2 Å². The molecule has 0 radical (unpaired) electrons. The van der Waals surface area contributed by atoms with Crippen LogP contribution in [-0.4, -0.2) is 37.2 Å². The summed E-state index contributed by atoms with van der Waals surface area (Å²) in [6, 6.07) is 0. The molecule has 0 saturated carbocycles. The van der Waals surface area contributed by atoms with E-state index in [9.17, 15) is 14.4 Å². The van der Waals surface area contributed by atoms with Crippen LogP contribution in [0.15, 0.2) is 12.2 Å². The van der Waals surface area contributed by atoms with Crippen LogP contribution in [0.1, 0.15) is 342 Å². The molecule has 1 atom stereocenters. The van der Waals surface area contributed by atoms with Crippen molar-refractivity contribution in [3.63, 3.8) is 0 Å². The molecule has 0 spiro atoms. The minimum atomic E-state index is -0.767. The van der Waals surface area contributed by atoms with Crippen molar-refractivity contribution in [3.05, 3.63) is 12.2 Å². The summed E-state index contributed by atoms with van der Waals surface area (Å²) < 4.78 is 16.8. The van der Waals surface area contributed by atoms with Gasteiger partial charge in [0, 0.05) is 19.3 Å². The highest BCUT2D eigenvalue weighted by molar-refractivity contribution is 5.71. The molecule has 0 bridgehead atoms. The van der Waals surface area contributed by atoms with Crippen molar-refractivity contribution < 1.29 is 28.6 Å². The largest absolute Gasteiger partial charge is 0.462 e. The van der Waals surface area contributed by atoms with Gasteiger partial charge in [-0.1, -0.05) is 290 Å². The molecule has 396 valence electrons. The van der Waals surface area contributed by atoms with Gasteiger partial charge in [-0.05, 0) is 44.9 Å². The first-order valence-corrected chi connectivity index (χ1v) is 30.2. The van der Waals surface area contributed by atoms with E-state index in [0.29, 0.717) is 19.3 Å². The van der Waals surface area contributed by atoms with Crippen LogP contribution in [-0.2, 0) is 28.6 Å². The van der Waals surface area contributed by atoms with E-state index in [2.05, 4.69) is 32.9 Å². The molecule has 0 aliphatic carbocycles. The molecular formula is C61H116O6. The Morgan fingerprint density at radius 2 is 0.493 bits per heavy atom. The van der Waals surface area contributed by atoms with Gasteiger partial charge in [0.15, 0.2) is 6.10 Å². The highest BCUT2D eigenvalue weighted by Crippen LogP contribution is 2.18. The molecule has 0 N–H and O–H groups in total. The molecular weight excluding hydrogens is 829 g/mol. The minimum absolute atomic E-state index is 0.0682. The molecule has 67 heavy (non-hydrogen) atoms. The van der Waals surface area contributed by atoms with E-state index in [1.165, 1.54) is 238 Å². The first-order chi connectivity index (χ1) is 33.0. The molecule has 0 heterocycles. The Balaban J connectivity index is 4.01. The Hall–Kier alpha value is -1.85. The summed E-state index contributed by atoms with van der Waals surface area (Å²) >= 11 is 0. The van der Waals surface area contributed by atoms with Gasteiger partial charge in [-0.2, -0.15) is 0 Å². The molecule has 6 nitrogen and oxygen atoms in total. The smallest absolute Gasteiger partial charge is 0.306 e. The summed E-state index contributed by atoms with van der Waals surface area (Å²) in [7, 11) is 0. The van der Waals surface area contributed by atoms with Crippen LogP contribution in [0.3, 0.4) is 0 Å². The van der Waals surface area contributed by atoms with Crippen LogP contribution in [0.5, 0.6) is 0 Å². The van der Waals surface area contributed by atoms with Crippen molar-refractivity contribution in [3.8, 4) is 0 Å². The second-order valence-corrected chi connectivity index (χ2v) is 20.6. The lowest BCUT2D eigenvalue weighted by atomic mass is 10.0. The van der Waals surface area contributed by atoms with Crippen molar-refractivity contribution in [2.45, 2.75) is 348 Å². The Morgan fingerprint density at radius 1 is 0.284 bits per heavy atom. The Morgan fingerprint density at radius 3 is 0.761 bits per heavy atom. The normalized spacial score (nSPS) is 12.0. The highest BCUT2D eigenvalue weighted by Gasteiger charge is 2.19. The fraction of sp³-hybridized carbons (Fsp3) is 0.918. The minimum Gasteiger partial charge on any atom is -0.462 e. The van der Waals surface area contributed by atoms with E-state index in [-0.39, 0.29) is 31.1 Å². The van der Waals surface area contributed by atoms with E-state index in [1.54, 1.807) is 0 Å². The van der Waals surface area contributed by atoms with Gasteiger partial charge in [-0.3, -0.25) is 14.4 Å². The third-order valence-corrected chi connectivity index (χ3v) is 13.8. The standard InChI is InChI=1S/C61H116O6/c1-4-7-10-13-16-19-21-23-24-25-26-27-28-29-30-31-32-33-34-35-36-37-39-40-42-45-48-51-54-60(63)66-57-58(56-65-59(62)53-50-47-44-18-15-12-9-6-3)67-61(64)55-52-49-46-43-41-38-22-20-17-14-11-8-5-2/h20,22,58H,4-19,21,23-57H2,1-3H3/b22-20-. The summed E-state index contributed by atoms with van der Waals surface area (Å²) in [5, 5.41) is 0. The first kappa shape index (κ1) is 65.1. The average molecular weight is 946 g/mol. The predicted molar refractivity (Wildman–Crippen MR) is 289 cm³/mol. The molecule has 0 fully saturated rings. The number of rotatable bonds is 56. The third-order valence-electron chi connectivity index (χ3n) is 13.8. The Bertz CT molecular complexity index is 1040. The second-order valence-electron chi connectivity index (χ2n) is 20.6. The lowest BCUT2D eigenvalue weighted by Gasteiger charge is -2.18. The maximum atomic E-state index is 12.8. The second kappa shape index (κ2) is 56.7. The number of carbonyl (C=O) groups excluding carboxylic acids is 3. The fourth-order valence-electron chi connectivity index (χ4n) is 9.21. The van der Waals surface area contributed by atoms with Crippen molar-refractivity contribution in [2.24, 2.45) is 0 Å². The zero-order valence-corrected chi connectivity index (χ0v) is 45.5. The first-order valence-electron chi connectivity index (χ1n) is 30.2. The van der Waals surface area contributed by atoms with Gasteiger partial charge < -0.3 is 14.2 Å².